The Morgan fingerprint density at radius 1 is 1.08 bits per heavy atom. The highest BCUT2D eigenvalue weighted by Gasteiger charge is 2.23. The lowest BCUT2D eigenvalue weighted by Crippen LogP contribution is -2.50. The summed E-state index contributed by atoms with van der Waals surface area (Å²) >= 11 is 6.11. The van der Waals surface area contributed by atoms with Crippen LogP contribution in [0.3, 0.4) is 0 Å². The maximum absolute atomic E-state index is 12.5. The molecule has 0 aliphatic carbocycles. The zero-order chi connectivity index (χ0) is 18.7. The summed E-state index contributed by atoms with van der Waals surface area (Å²) in [5.74, 6) is 0.299. The summed E-state index contributed by atoms with van der Waals surface area (Å²) in [5.41, 5.74) is 2.19. The van der Waals surface area contributed by atoms with Gasteiger partial charge in [0.1, 0.15) is 0 Å². The van der Waals surface area contributed by atoms with E-state index in [-0.39, 0.29) is 11.8 Å². The summed E-state index contributed by atoms with van der Waals surface area (Å²) in [6.45, 7) is 5.60. The smallest absolute Gasteiger partial charge is 0.257 e. The van der Waals surface area contributed by atoms with Crippen LogP contribution < -0.4 is 5.32 Å². The third-order valence-corrected chi connectivity index (χ3v) is 4.75. The van der Waals surface area contributed by atoms with Crippen molar-refractivity contribution in [3.05, 3.63) is 46.7 Å². The van der Waals surface area contributed by atoms with Crippen molar-refractivity contribution < 1.29 is 9.59 Å². The summed E-state index contributed by atoms with van der Waals surface area (Å²) in [6, 6.07) is 5.59. The summed E-state index contributed by atoms with van der Waals surface area (Å²) in [4.78, 5) is 35.8. The van der Waals surface area contributed by atoms with E-state index in [1.807, 2.05) is 19.1 Å². The van der Waals surface area contributed by atoms with Crippen LogP contribution in [-0.4, -0.2) is 57.8 Å². The number of rotatable bonds is 3. The number of benzene rings is 1. The number of nitrogens with one attached hydrogen (secondary N) is 1. The quantitative estimate of drug-likeness (QED) is 0.894. The van der Waals surface area contributed by atoms with Crippen molar-refractivity contribution in [3.63, 3.8) is 0 Å². The third kappa shape index (κ3) is 4.11. The molecule has 8 heteroatoms. The molecule has 136 valence electrons. The average molecular weight is 374 g/mol. The van der Waals surface area contributed by atoms with E-state index in [4.69, 9.17) is 11.6 Å². The van der Waals surface area contributed by atoms with E-state index >= 15 is 0 Å². The first kappa shape index (κ1) is 18.1. The first-order valence-electron chi connectivity index (χ1n) is 8.34. The van der Waals surface area contributed by atoms with Gasteiger partial charge in [-0.1, -0.05) is 17.7 Å². The fraction of sp³-hybridized carbons (Fsp3) is 0.333. The second-order valence-corrected chi connectivity index (χ2v) is 6.59. The molecular weight excluding hydrogens is 354 g/mol. The van der Waals surface area contributed by atoms with Gasteiger partial charge in [0.15, 0.2) is 0 Å². The first-order chi connectivity index (χ1) is 12.4. The van der Waals surface area contributed by atoms with Gasteiger partial charge in [-0.2, -0.15) is 0 Å². The van der Waals surface area contributed by atoms with Crippen LogP contribution in [0.1, 0.15) is 22.8 Å². The highest BCUT2D eigenvalue weighted by molar-refractivity contribution is 6.31. The Morgan fingerprint density at radius 2 is 1.69 bits per heavy atom. The minimum atomic E-state index is -0.127. The van der Waals surface area contributed by atoms with Crippen molar-refractivity contribution in [3.8, 4) is 0 Å². The molecule has 0 atom stereocenters. The summed E-state index contributed by atoms with van der Waals surface area (Å²) in [6.07, 6.45) is 3.01. The maximum Gasteiger partial charge on any atom is 0.257 e. The van der Waals surface area contributed by atoms with Crippen LogP contribution >= 0.6 is 11.6 Å². The summed E-state index contributed by atoms with van der Waals surface area (Å²) in [5, 5.41) is 3.72. The van der Waals surface area contributed by atoms with Crippen LogP contribution in [0.4, 0.5) is 11.6 Å². The predicted molar refractivity (Wildman–Crippen MR) is 99.7 cm³/mol. The molecular formula is C18H20ClN5O2. The minimum absolute atomic E-state index is 0.0343. The van der Waals surface area contributed by atoms with Crippen LogP contribution in [0.2, 0.25) is 5.02 Å². The zero-order valence-corrected chi connectivity index (χ0v) is 15.5. The van der Waals surface area contributed by atoms with Gasteiger partial charge in [-0.15, -0.1) is 0 Å². The summed E-state index contributed by atoms with van der Waals surface area (Å²) in [7, 11) is 0. The predicted octanol–water partition coefficient (Wildman–Crippen LogP) is 2.49. The van der Waals surface area contributed by atoms with E-state index in [1.165, 1.54) is 19.3 Å². The molecule has 3 rings (SSSR count). The van der Waals surface area contributed by atoms with Gasteiger partial charge in [-0.3, -0.25) is 9.59 Å². The van der Waals surface area contributed by atoms with E-state index < -0.39 is 0 Å². The second kappa shape index (κ2) is 7.70. The number of aromatic nitrogens is 2. The molecule has 1 saturated heterocycles. The summed E-state index contributed by atoms with van der Waals surface area (Å²) < 4.78 is 0. The standard InChI is InChI=1S/C18H20ClN5O2/c1-12-3-4-15(9-16(12)19)22-18-20-10-14(11-21-18)17(26)24-7-5-23(6-8-24)13(2)25/h3-4,9-11H,5-8H2,1-2H3,(H,20,21,22). The molecule has 0 bridgehead atoms. The number of halogens is 1. The highest BCUT2D eigenvalue weighted by Crippen LogP contribution is 2.21. The molecule has 2 heterocycles. The van der Waals surface area contributed by atoms with Crippen LogP contribution in [0.5, 0.6) is 0 Å². The lowest BCUT2D eigenvalue weighted by Gasteiger charge is -2.34. The van der Waals surface area contributed by atoms with Crippen molar-refractivity contribution in [1.82, 2.24) is 19.8 Å². The number of carbonyl (C=O) groups is 2. The molecule has 1 aliphatic rings. The van der Waals surface area contributed by atoms with Gasteiger partial charge in [0.05, 0.1) is 5.56 Å². The molecule has 1 aromatic carbocycles. The second-order valence-electron chi connectivity index (χ2n) is 6.18. The number of aryl methyl sites for hydroxylation is 1. The van der Waals surface area contributed by atoms with E-state index in [0.717, 1.165) is 11.3 Å². The van der Waals surface area contributed by atoms with Crippen molar-refractivity contribution in [2.45, 2.75) is 13.8 Å². The van der Waals surface area contributed by atoms with Gasteiger partial charge < -0.3 is 15.1 Å². The van der Waals surface area contributed by atoms with Crippen molar-refractivity contribution in [1.29, 1.82) is 0 Å². The topological polar surface area (TPSA) is 78.4 Å². The van der Waals surface area contributed by atoms with Gasteiger partial charge in [0.2, 0.25) is 11.9 Å². The average Bonchev–Trinajstić information content (AvgIpc) is 2.65. The molecule has 2 amide bonds. The Hall–Kier alpha value is -2.67. The van der Waals surface area contributed by atoms with Crippen molar-refractivity contribution in [2.75, 3.05) is 31.5 Å². The minimum Gasteiger partial charge on any atom is -0.339 e. The molecule has 1 fully saturated rings. The first-order valence-corrected chi connectivity index (χ1v) is 8.72. The largest absolute Gasteiger partial charge is 0.339 e. The monoisotopic (exact) mass is 373 g/mol. The molecule has 7 nitrogen and oxygen atoms in total. The maximum atomic E-state index is 12.5. The number of carbonyl (C=O) groups excluding carboxylic acids is 2. The number of anilines is 2. The number of nitrogens with zero attached hydrogens (tertiary/aromatic N) is 4. The fourth-order valence-corrected chi connectivity index (χ4v) is 2.89. The van der Waals surface area contributed by atoms with E-state index in [0.29, 0.717) is 42.7 Å². The van der Waals surface area contributed by atoms with E-state index in [9.17, 15) is 9.59 Å². The molecule has 0 radical (unpaired) electrons. The number of hydrogen-bond acceptors (Lipinski definition) is 5. The van der Waals surface area contributed by atoms with Gasteiger partial charge in [-0.25, -0.2) is 9.97 Å². The van der Waals surface area contributed by atoms with Gasteiger partial charge in [0.25, 0.3) is 5.91 Å². The molecule has 0 spiro atoms. The molecule has 1 aliphatic heterocycles. The molecule has 26 heavy (non-hydrogen) atoms. The molecule has 1 N–H and O–H groups in total. The Morgan fingerprint density at radius 3 is 2.27 bits per heavy atom. The highest BCUT2D eigenvalue weighted by atomic mass is 35.5. The molecule has 0 saturated carbocycles. The van der Waals surface area contributed by atoms with Gasteiger partial charge >= 0.3 is 0 Å². The van der Waals surface area contributed by atoms with Crippen LogP contribution in [-0.2, 0) is 4.79 Å². The Balaban J connectivity index is 1.63. The van der Waals surface area contributed by atoms with Gasteiger partial charge in [0, 0.05) is 56.2 Å². The normalized spacial score (nSPS) is 14.3. The third-order valence-electron chi connectivity index (χ3n) is 4.34. The Kier molecular flexibility index (Phi) is 5.37. The Bertz CT molecular complexity index is 817. The number of hydrogen-bond donors (Lipinski definition) is 1. The lowest BCUT2D eigenvalue weighted by atomic mass is 10.2. The molecule has 1 aromatic heterocycles. The SMILES string of the molecule is CC(=O)N1CCN(C(=O)c2cnc(Nc3ccc(C)c(Cl)c3)nc2)CC1. The van der Waals surface area contributed by atoms with E-state index in [2.05, 4.69) is 15.3 Å². The van der Waals surface area contributed by atoms with Crippen LogP contribution in [0.25, 0.3) is 0 Å². The lowest BCUT2D eigenvalue weighted by molar-refractivity contribution is -0.130. The van der Waals surface area contributed by atoms with Gasteiger partial charge in [-0.05, 0) is 24.6 Å². The van der Waals surface area contributed by atoms with Crippen molar-refractivity contribution >= 4 is 35.1 Å². The zero-order valence-electron chi connectivity index (χ0n) is 14.7. The van der Waals surface area contributed by atoms with Crippen LogP contribution in [0, 0.1) is 6.92 Å². The van der Waals surface area contributed by atoms with E-state index in [1.54, 1.807) is 15.9 Å². The fourth-order valence-electron chi connectivity index (χ4n) is 2.71. The van der Waals surface area contributed by atoms with Crippen LogP contribution in [0.15, 0.2) is 30.6 Å². The molecule has 2 aromatic rings. The number of amides is 2. The molecule has 0 unspecified atom stereocenters. The Labute approximate surface area is 157 Å². The van der Waals surface area contributed by atoms with Crippen molar-refractivity contribution in [2.24, 2.45) is 0 Å². The number of piperazine rings is 1.